The summed E-state index contributed by atoms with van der Waals surface area (Å²) >= 11 is 1.20. The van der Waals surface area contributed by atoms with Crippen LogP contribution in [0.1, 0.15) is 19.8 Å². The number of rotatable bonds is 6. The number of nitrogens with zero attached hydrogens (tertiary/aromatic N) is 3. The van der Waals surface area contributed by atoms with Gasteiger partial charge in [0, 0.05) is 6.54 Å². The molecule has 1 N–H and O–H groups in total. The van der Waals surface area contributed by atoms with Crippen molar-refractivity contribution in [2.24, 2.45) is 0 Å². The Bertz CT molecular complexity index is 301. The smallest absolute Gasteiger partial charge is 0.313 e. The van der Waals surface area contributed by atoms with E-state index in [0.717, 1.165) is 19.4 Å². The van der Waals surface area contributed by atoms with E-state index in [1.165, 1.54) is 11.8 Å². The topological polar surface area (TPSA) is 68.0 Å². The minimum atomic E-state index is -0.833. The molecule has 0 spiro atoms. The molecule has 0 bridgehead atoms. The lowest BCUT2D eigenvalue weighted by Crippen LogP contribution is -2.02. The molecule has 78 valence electrons. The highest BCUT2D eigenvalue weighted by molar-refractivity contribution is 7.99. The minimum absolute atomic E-state index is 0.0326. The van der Waals surface area contributed by atoms with Gasteiger partial charge in [-0.15, -0.1) is 10.2 Å². The van der Waals surface area contributed by atoms with Crippen LogP contribution in [-0.2, 0) is 11.3 Å². The summed E-state index contributed by atoms with van der Waals surface area (Å²) in [5, 5.41) is 16.8. The zero-order chi connectivity index (χ0) is 10.4. The van der Waals surface area contributed by atoms with Crippen LogP contribution in [0.15, 0.2) is 11.5 Å². The van der Waals surface area contributed by atoms with Gasteiger partial charge in [0.1, 0.15) is 6.33 Å². The Morgan fingerprint density at radius 2 is 2.50 bits per heavy atom. The third-order valence-electron chi connectivity index (χ3n) is 1.66. The van der Waals surface area contributed by atoms with E-state index in [1.54, 1.807) is 6.33 Å². The lowest BCUT2D eigenvalue weighted by atomic mass is 10.3. The minimum Gasteiger partial charge on any atom is -0.481 e. The van der Waals surface area contributed by atoms with Gasteiger partial charge in [-0.25, -0.2) is 0 Å². The predicted octanol–water partition coefficient (Wildman–Crippen LogP) is 1.25. The Morgan fingerprint density at radius 1 is 1.71 bits per heavy atom. The third-order valence-corrected chi connectivity index (χ3v) is 2.62. The van der Waals surface area contributed by atoms with Crippen molar-refractivity contribution in [3.8, 4) is 0 Å². The lowest BCUT2D eigenvalue weighted by molar-refractivity contribution is -0.133. The van der Waals surface area contributed by atoms with E-state index < -0.39 is 5.97 Å². The van der Waals surface area contributed by atoms with Gasteiger partial charge in [0.25, 0.3) is 0 Å². The van der Waals surface area contributed by atoms with Crippen LogP contribution in [-0.4, -0.2) is 31.6 Å². The molecule has 0 saturated heterocycles. The summed E-state index contributed by atoms with van der Waals surface area (Å²) in [7, 11) is 0. The van der Waals surface area contributed by atoms with E-state index in [-0.39, 0.29) is 5.75 Å². The van der Waals surface area contributed by atoms with Crippen LogP contribution in [0.2, 0.25) is 0 Å². The van der Waals surface area contributed by atoms with Crippen molar-refractivity contribution in [3.05, 3.63) is 6.33 Å². The Hall–Kier alpha value is -1.04. The van der Waals surface area contributed by atoms with Crippen molar-refractivity contribution < 1.29 is 9.90 Å². The number of aryl methyl sites for hydroxylation is 1. The summed E-state index contributed by atoms with van der Waals surface area (Å²) in [5.74, 6) is -0.801. The lowest BCUT2D eigenvalue weighted by Gasteiger charge is -2.02. The molecule has 0 unspecified atom stereocenters. The van der Waals surface area contributed by atoms with Gasteiger partial charge in [-0.1, -0.05) is 25.1 Å². The molecule has 0 amide bonds. The number of carbonyl (C=O) groups is 1. The highest BCUT2D eigenvalue weighted by Crippen LogP contribution is 2.14. The number of unbranched alkanes of at least 4 members (excludes halogenated alkanes) is 1. The average molecular weight is 215 g/mol. The average Bonchev–Trinajstić information content (AvgIpc) is 2.58. The van der Waals surface area contributed by atoms with Gasteiger partial charge in [-0.2, -0.15) is 0 Å². The van der Waals surface area contributed by atoms with E-state index >= 15 is 0 Å². The maximum Gasteiger partial charge on any atom is 0.313 e. The van der Waals surface area contributed by atoms with E-state index in [9.17, 15) is 4.79 Å². The molecule has 0 aliphatic heterocycles. The van der Waals surface area contributed by atoms with Gasteiger partial charge < -0.3 is 9.67 Å². The van der Waals surface area contributed by atoms with E-state index in [4.69, 9.17) is 5.11 Å². The molecule has 14 heavy (non-hydrogen) atoms. The quantitative estimate of drug-likeness (QED) is 0.723. The SMILES string of the molecule is CCCCn1cnnc1SCC(=O)O. The monoisotopic (exact) mass is 215 g/mol. The first-order chi connectivity index (χ1) is 6.74. The molecule has 6 heteroatoms. The first-order valence-electron chi connectivity index (χ1n) is 4.46. The predicted molar refractivity (Wildman–Crippen MR) is 53.3 cm³/mol. The summed E-state index contributed by atoms with van der Waals surface area (Å²) in [4.78, 5) is 10.3. The second-order valence-electron chi connectivity index (χ2n) is 2.84. The molecule has 1 heterocycles. The van der Waals surface area contributed by atoms with Crippen LogP contribution in [0, 0.1) is 0 Å². The van der Waals surface area contributed by atoms with Crippen LogP contribution >= 0.6 is 11.8 Å². The zero-order valence-corrected chi connectivity index (χ0v) is 8.83. The zero-order valence-electron chi connectivity index (χ0n) is 8.01. The van der Waals surface area contributed by atoms with Gasteiger partial charge in [-0.05, 0) is 6.42 Å². The molecule has 0 aliphatic carbocycles. The largest absolute Gasteiger partial charge is 0.481 e. The van der Waals surface area contributed by atoms with Crippen LogP contribution in [0.3, 0.4) is 0 Å². The molecule has 1 aromatic rings. The molecule has 1 aromatic heterocycles. The Labute approximate surface area is 86.5 Å². The molecular weight excluding hydrogens is 202 g/mol. The van der Waals surface area contributed by atoms with Crippen molar-refractivity contribution in [2.45, 2.75) is 31.5 Å². The molecule has 0 aromatic carbocycles. The highest BCUT2D eigenvalue weighted by atomic mass is 32.2. The van der Waals surface area contributed by atoms with Gasteiger partial charge in [-0.3, -0.25) is 4.79 Å². The van der Waals surface area contributed by atoms with Crippen molar-refractivity contribution in [1.82, 2.24) is 14.8 Å². The maximum absolute atomic E-state index is 10.3. The van der Waals surface area contributed by atoms with Crippen molar-refractivity contribution in [1.29, 1.82) is 0 Å². The van der Waals surface area contributed by atoms with E-state index in [0.29, 0.717) is 5.16 Å². The molecule has 0 atom stereocenters. The first-order valence-corrected chi connectivity index (χ1v) is 5.45. The summed E-state index contributed by atoms with van der Waals surface area (Å²) in [6, 6.07) is 0. The van der Waals surface area contributed by atoms with Crippen LogP contribution < -0.4 is 0 Å². The van der Waals surface area contributed by atoms with Gasteiger partial charge in [0.2, 0.25) is 0 Å². The normalized spacial score (nSPS) is 10.4. The number of carboxylic acids is 1. The highest BCUT2D eigenvalue weighted by Gasteiger charge is 2.06. The maximum atomic E-state index is 10.3. The molecular formula is C8H13N3O2S. The standard InChI is InChI=1S/C8H13N3O2S/c1-2-3-4-11-6-9-10-8(11)14-5-7(12)13/h6H,2-5H2,1H3,(H,12,13). The summed E-state index contributed by atoms with van der Waals surface area (Å²) < 4.78 is 1.89. The van der Waals surface area contributed by atoms with Gasteiger partial charge in [0.15, 0.2) is 5.16 Å². The van der Waals surface area contributed by atoms with Crippen LogP contribution in [0.4, 0.5) is 0 Å². The summed E-state index contributed by atoms with van der Waals surface area (Å²) in [5.41, 5.74) is 0. The molecule has 0 radical (unpaired) electrons. The second-order valence-corrected chi connectivity index (χ2v) is 3.79. The second kappa shape index (κ2) is 5.64. The number of hydrogen-bond donors (Lipinski definition) is 1. The number of hydrogen-bond acceptors (Lipinski definition) is 4. The van der Waals surface area contributed by atoms with Crippen molar-refractivity contribution in [2.75, 3.05) is 5.75 Å². The number of aliphatic carboxylic acids is 1. The van der Waals surface area contributed by atoms with Crippen molar-refractivity contribution in [3.63, 3.8) is 0 Å². The summed E-state index contributed by atoms with van der Waals surface area (Å²) in [6.07, 6.45) is 3.79. The third kappa shape index (κ3) is 3.37. The van der Waals surface area contributed by atoms with Gasteiger partial charge in [0.05, 0.1) is 5.75 Å². The number of carboxylic acid groups (broad SMARTS) is 1. The fraction of sp³-hybridized carbons (Fsp3) is 0.625. The van der Waals surface area contributed by atoms with Crippen molar-refractivity contribution >= 4 is 17.7 Å². The Kier molecular flexibility index (Phi) is 4.45. The summed E-state index contributed by atoms with van der Waals surface area (Å²) in [6.45, 7) is 2.96. The molecule has 5 nitrogen and oxygen atoms in total. The van der Waals surface area contributed by atoms with E-state index in [2.05, 4.69) is 17.1 Å². The fourth-order valence-electron chi connectivity index (χ4n) is 0.964. The van der Waals surface area contributed by atoms with E-state index in [1.807, 2.05) is 4.57 Å². The molecule has 0 aliphatic rings. The van der Waals surface area contributed by atoms with Crippen LogP contribution in [0.5, 0.6) is 0 Å². The first kappa shape index (κ1) is 11.0. The Morgan fingerprint density at radius 3 is 3.14 bits per heavy atom. The fourth-order valence-corrected chi connectivity index (χ4v) is 1.63. The molecule has 1 rings (SSSR count). The number of aromatic nitrogens is 3. The van der Waals surface area contributed by atoms with Gasteiger partial charge >= 0.3 is 5.97 Å². The Balaban J connectivity index is 2.49. The molecule has 0 fully saturated rings. The molecule has 0 saturated carbocycles. The number of thioether (sulfide) groups is 1. The van der Waals surface area contributed by atoms with Crippen LogP contribution in [0.25, 0.3) is 0 Å².